The summed E-state index contributed by atoms with van der Waals surface area (Å²) in [7, 11) is 0. The predicted octanol–water partition coefficient (Wildman–Crippen LogP) is -1.72. The van der Waals surface area contributed by atoms with E-state index >= 15 is 0 Å². The molecule has 0 saturated carbocycles. The average molecular weight is 1210 g/mol. The molecule has 30 nitrogen and oxygen atoms in total. The Balaban J connectivity index is 1.88. The smallest absolute Gasteiger partial charge is 0.374 e. The van der Waals surface area contributed by atoms with E-state index in [-0.39, 0.29) is 39.0 Å². The van der Waals surface area contributed by atoms with Gasteiger partial charge in [-0.25, -0.2) is 38.4 Å². The Bertz CT molecular complexity index is 2620. The van der Waals surface area contributed by atoms with Crippen LogP contribution in [-0.4, -0.2) is 233 Å². The van der Waals surface area contributed by atoms with Gasteiger partial charge in [0.1, 0.15) is 93.1 Å². The van der Waals surface area contributed by atoms with Gasteiger partial charge in [0.05, 0.1) is 6.61 Å². The molecule has 0 radical (unpaired) electrons. The van der Waals surface area contributed by atoms with Crippen molar-refractivity contribution in [3.05, 3.63) is 85.1 Å². The lowest BCUT2D eigenvalue weighted by molar-refractivity contribution is -0.387. The summed E-state index contributed by atoms with van der Waals surface area (Å²) >= 11 is 0. The maximum absolute atomic E-state index is 13.4. The number of esters is 8. The summed E-state index contributed by atoms with van der Waals surface area (Å²) in [4.78, 5) is 116. The standard InChI is InChI=1S/C55H72O30/c1-20(2)44(63)71-17-29-32(58)40(78-47(66)23(7)8)36(62)52(75-29)82-38-30(18-72-45(64)21(3)4)76-54(42(34(38)60)81-51(70)27(15)57)84-39-31(19-73-46(65)22(5)6)77-53(41(35(39)61)79-48(67)24(9)10)83-37-28(16-56)74-55(85-50(69)26(13)14)43(33(37)59)80-49(68)25(11)12/h28-43,52-56,58-62H,1,3,5,7,9,11,13,16-19H2,2,4,6,8,10,12,14-15H3/t28?,29?,30?,31?,32-,33?,34?,35?,36?,37-,38-,39-,40?,41?,42?,43?,52+,53+,54+,55+/m1/s1. The van der Waals surface area contributed by atoms with E-state index in [0.717, 1.165) is 6.92 Å². The first-order chi connectivity index (χ1) is 39.6. The highest BCUT2D eigenvalue weighted by Gasteiger charge is 2.59. The van der Waals surface area contributed by atoms with Crippen LogP contribution in [0.5, 0.6) is 0 Å². The molecule has 4 heterocycles. The molecule has 472 valence electrons. The van der Waals surface area contributed by atoms with Gasteiger partial charge in [0.15, 0.2) is 43.3 Å². The van der Waals surface area contributed by atoms with Gasteiger partial charge in [-0.1, -0.05) is 46.1 Å². The SMILES string of the molecule is C=C(C)C(=O)OCC1O[C@@H](O[C@@H]2C(COC(=O)C(=C)C)O[C@@H](O[C@@H]3C(COC(=O)C(=C)C)O[C@@H](O[C@@H]4C(CO)O[C@@H](OC(=O)C(=C)C)C(OC(=O)C(=C)C)C4O)C(OC(=O)C(=C)C)C3O)C(OC(=O)C(C)=O)C2O)C(O)C(OC(=O)C(=C)C)[C@@H]1O. The van der Waals surface area contributed by atoms with Crippen LogP contribution >= 0.6 is 0 Å². The highest BCUT2D eigenvalue weighted by Crippen LogP contribution is 2.38. The molecule has 12 unspecified atom stereocenters. The monoisotopic (exact) mass is 1210 g/mol. The molecule has 0 spiro atoms. The third-order valence-electron chi connectivity index (χ3n) is 12.6. The van der Waals surface area contributed by atoms with E-state index in [1.165, 1.54) is 48.5 Å². The lowest BCUT2D eigenvalue weighted by Crippen LogP contribution is -2.68. The van der Waals surface area contributed by atoms with Crippen molar-refractivity contribution in [2.75, 3.05) is 26.4 Å². The van der Waals surface area contributed by atoms with Gasteiger partial charge in [0.2, 0.25) is 12.1 Å². The van der Waals surface area contributed by atoms with Gasteiger partial charge in [-0.15, -0.1) is 0 Å². The normalized spacial score (nSPS) is 32.5. The fourth-order valence-electron chi connectivity index (χ4n) is 7.98. The lowest BCUT2D eigenvalue weighted by Gasteiger charge is -2.50. The molecule has 4 rings (SSSR count). The third-order valence-corrected chi connectivity index (χ3v) is 12.6. The molecule has 85 heavy (non-hydrogen) atoms. The molecule has 4 aliphatic rings. The van der Waals surface area contributed by atoms with Gasteiger partial charge in [0, 0.05) is 45.9 Å². The topological polar surface area (TPSA) is 413 Å². The first-order valence-electron chi connectivity index (χ1n) is 25.9. The van der Waals surface area contributed by atoms with Crippen LogP contribution in [0, 0.1) is 0 Å². The quantitative estimate of drug-likeness (QED) is 0.0243. The molecule has 20 atom stereocenters. The number of ether oxygens (including phenoxy) is 15. The van der Waals surface area contributed by atoms with Crippen molar-refractivity contribution in [1.29, 1.82) is 0 Å². The Morgan fingerprint density at radius 1 is 0.318 bits per heavy atom. The van der Waals surface area contributed by atoms with Crippen molar-refractivity contribution < 1.29 is 145 Å². The second-order valence-corrected chi connectivity index (χ2v) is 20.3. The number of rotatable bonds is 26. The lowest BCUT2D eigenvalue weighted by atomic mass is 9.95. The number of aliphatic hydroxyl groups excluding tert-OH is 6. The Morgan fingerprint density at radius 3 is 0.953 bits per heavy atom. The Hall–Kier alpha value is -6.91. The van der Waals surface area contributed by atoms with E-state index in [1.54, 1.807) is 0 Å². The Labute approximate surface area is 487 Å². The first kappa shape index (κ1) is 70.6. The van der Waals surface area contributed by atoms with E-state index in [9.17, 15) is 73.8 Å². The number of ketones is 1. The minimum absolute atomic E-state index is 0.0900. The van der Waals surface area contributed by atoms with Crippen molar-refractivity contribution in [3.8, 4) is 0 Å². The van der Waals surface area contributed by atoms with Gasteiger partial charge in [-0.2, -0.15) is 0 Å². The van der Waals surface area contributed by atoms with Gasteiger partial charge in [-0.05, 0) is 48.5 Å². The zero-order chi connectivity index (χ0) is 64.2. The van der Waals surface area contributed by atoms with Crippen LogP contribution in [0.4, 0.5) is 0 Å². The fraction of sp³-hybridized carbons (Fsp3) is 0.582. The molecule has 0 amide bonds. The average Bonchev–Trinajstić information content (AvgIpc) is 2.41. The molecular weight excluding hydrogens is 1140 g/mol. The van der Waals surface area contributed by atoms with Crippen molar-refractivity contribution in [1.82, 2.24) is 0 Å². The van der Waals surface area contributed by atoms with Gasteiger partial charge in [0.25, 0.3) is 0 Å². The number of hydrogen-bond donors (Lipinski definition) is 6. The van der Waals surface area contributed by atoms with Gasteiger partial charge >= 0.3 is 47.8 Å². The summed E-state index contributed by atoms with van der Waals surface area (Å²) in [6.07, 6.45) is -41.9. The van der Waals surface area contributed by atoms with Gasteiger partial charge in [-0.3, -0.25) is 4.79 Å². The molecule has 4 aliphatic heterocycles. The highest BCUT2D eigenvalue weighted by atomic mass is 16.8. The summed E-state index contributed by atoms with van der Waals surface area (Å²) in [5.41, 5.74) is -1.35. The third kappa shape index (κ3) is 18.3. The molecule has 0 bridgehead atoms. The zero-order valence-corrected chi connectivity index (χ0v) is 47.8. The van der Waals surface area contributed by atoms with Crippen LogP contribution in [0.15, 0.2) is 85.1 Å². The van der Waals surface area contributed by atoms with Crippen molar-refractivity contribution in [3.63, 3.8) is 0 Å². The zero-order valence-electron chi connectivity index (χ0n) is 47.8. The second kappa shape index (κ2) is 30.9. The number of Topliss-reactive ketones (excluding diaryl/α,β-unsaturated/α-hetero) is 1. The van der Waals surface area contributed by atoms with Crippen molar-refractivity contribution in [2.24, 2.45) is 0 Å². The molecule has 0 aromatic carbocycles. The van der Waals surface area contributed by atoms with E-state index in [4.69, 9.17) is 71.1 Å². The number of hydrogen-bond acceptors (Lipinski definition) is 30. The van der Waals surface area contributed by atoms with E-state index in [2.05, 4.69) is 46.1 Å². The highest BCUT2D eigenvalue weighted by molar-refractivity contribution is 6.32. The molecule has 4 fully saturated rings. The Morgan fingerprint density at radius 2 is 0.600 bits per heavy atom. The predicted molar refractivity (Wildman–Crippen MR) is 279 cm³/mol. The number of aliphatic hydroxyl groups is 6. The van der Waals surface area contributed by atoms with E-state index in [1.807, 2.05) is 0 Å². The number of carbonyl (C=O) groups excluding carboxylic acids is 9. The largest absolute Gasteiger partial charge is 0.459 e. The molecular formula is C55H72O30. The maximum atomic E-state index is 13.4. The first-order valence-corrected chi connectivity index (χ1v) is 25.9. The summed E-state index contributed by atoms with van der Waals surface area (Å²) < 4.78 is 85.4. The maximum Gasteiger partial charge on any atom is 0.374 e. The van der Waals surface area contributed by atoms with Crippen LogP contribution in [0.1, 0.15) is 55.4 Å². The minimum Gasteiger partial charge on any atom is -0.459 e. The van der Waals surface area contributed by atoms with Crippen LogP contribution in [-0.2, 0) is 114 Å². The molecule has 4 saturated heterocycles. The molecule has 6 N–H and O–H groups in total. The summed E-state index contributed by atoms with van der Waals surface area (Å²) in [5.74, 6) is -10.7. The van der Waals surface area contributed by atoms with Crippen LogP contribution in [0.25, 0.3) is 0 Å². The van der Waals surface area contributed by atoms with Gasteiger partial charge < -0.3 is 102 Å². The second-order valence-electron chi connectivity index (χ2n) is 20.3. The summed E-state index contributed by atoms with van der Waals surface area (Å²) in [6, 6.07) is 0. The van der Waals surface area contributed by atoms with Crippen molar-refractivity contribution >= 4 is 53.5 Å². The van der Waals surface area contributed by atoms with Crippen LogP contribution in [0.2, 0.25) is 0 Å². The summed E-state index contributed by atoms with van der Waals surface area (Å²) in [5, 5.41) is 70.3. The molecule has 0 aliphatic carbocycles. The van der Waals surface area contributed by atoms with Crippen molar-refractivity contribution in [2.45, 2.75) is 178 Å². The number of carbonyl (C=O) groups is 9. The molecule has 0 aromatic rings. The molecule has 0 aromatic heterocycles. The van der Waals surface area contributed by atoms with E-state index < -0.39 is 203 Å². The summed E-state index contributed by atoms with van der Waals surface area (Å²) in [6.45, 7) is 30.2. The fourth-order valence-corrected chi connectivity index (χ4v) is 7.98. The minimum atomic E-state index is -2.42. The van der Waals surface area contributed by atoms with Crippen LogP contribution in [0.3, 0.4) is 0 Å². The Kier molecular flexibility index (Phi) is 25.7. The van der Waals surface area contributed by atoms with E-state index in [0.29, 0.717) is 0 Å². The van der Waals surface area contributed by atoms with Crippen LogP contribution < -0.4 is 0 Å². The molecule has 30 heteroatoms.